The molecule has 0 aliphatic heterocycles. The summed E-state index contributed by atoms with van der Waals surface area (Å²) in [5.41, 5.74) is 1.45. The maximum atomic E-state index is 11.8. The van der Waals surface area contributed by atoms with Gasteiger partial charge in [-0.25, -0.2) is 4.79 Å². The summed E-state index contributed by atoms with van der Waals surface area (Å²) in [5, 5.41) is 2.80. The van der Waals surface area contributed by atoms with Crippen LogP contribution in [0.15, 0.2) is 16.6 Å². The van der Waals surface area contributed by atoms with E-state index in [2.05, 4.69) is 31.2 Å². The minimum Gasteiger partial charge on any atom is -0.495 e. The van der Waals surface area contributed by atoms with Crippen LogP contribution in [0.5, 0.6) is 11.8 Å². The number of benzene rings is 1. The first-order chi connectivity index (χ1) is 10.7. The summed E-state index contributed by atoms with van der Waals surface area (Å²) in [6, 6.07) is 3.79. The first-order valence-electron chi connectivity index (χ1n) is 7.34. The number of nitrogens with zero attached hydrogens (tertiary/aromatic N) is 1. The fourth-order valence-corrected chi connectivity index (χ4v) is 3.26. The number of methoxy groups -OCH3 is 1. The number of amides is 1. The fourth-order valence-electron chi connectivity index (χ4n) is 2.76. The van der Waals surface area contributed by atoms with Crippen molar-refractivity contribution in [2.24, 2.45) is 5.92 Å². The third-order valence-corrected chi connectivity index (χ3v) is 4.55. The molecule has 1 amide bonds. The lowest BCUT2D eigenvalue weighted by atomic mass is 10.1. The highest BCUT2D eigenvalue weighted by molar-refractivity contribution is 9.10. The Morgan fingerprint density at radius 2 is 2.23 bits per heavy atom. The molecule has 118 valence electrons. The Morgan fingerprint density at radius 1 is 1.45 bits per heavy atom. The molecule has 1 fully saturated rings. The summed E-state index contributed by atoms with van der Waals surface area (Å²) in [7, 11) is 1.59. The molecule has 0 bridgehead atoms. The largest absolute Gasteiger partial charge is 0.495 e. The topological polar surface area (TPSA) is 76.2 Å². The highest BCUT2D eigenvalue weighted by Crippen LogP contribution is 2.30. The van der Waals surface area contributed by atoms with Gasteiger partial charge in [0.05, 0.1) is 22.6 Å². The van der Waals surface area contributed by atoms with Crippen LogP contribution in [0.2, 0.25) is 0 Å². The molecular weight excluding hydrogens is 350 g/mol. The molecule has 0 unspecified atom stereocenters. The van der Waals surface area contributed by atoms with Gasteiger partial charge in [0.2, 0.25) is 0 Å². The second-order valence-electron chi connectivity index (χ2n) is 5.47. The Kier molecular flexibility index (Phi) is 4.52. The maximum absolute atomic E-state index is 11.8. The van der Waals surface area contributed by atoms with Gasteiger partial charge in [0.1, 0.15) is 5.75 Å². The number of fused-ring (bicyclic) bond motifs is 1. The predicted molar refractivity (Wildman–Crippen MR) is 86.3 cm³/mol. The molecule has 7 heteroatoms. The summed E-state index contributed by atoms with van der Waals surface area (Å²) >= 11 is 3.41. The molecule has 1 aliphatic rings. The average Bonchev–Trinajstić information content (AvgIpc) is 3.12. The van der Waals surface area contributed by atoms with Crippen molar-refractivity contribution in [3.8, 4) is 11.8 Å². The van der Waals surface area contributed by atoms with Crippen LogP contribution < -0.4 is 14.8 Å². The van der Waals surface area contributed by atoms with E-state index in [1.165, 1.54) is 25.7 Å². The van der Waals surface area contributed by atoms with Gasteiger partial charge in [-0.3, -0.25) is 0 Å². The number of H-pyrrole nitrogens is 1. The Morgan fingerprint density at radius 3 is 2.95 bits per heavy atom. The minimum absolute atomic E-state index is 0.180. The monoisotopic (exact) mass is 367 g/mol. The number of carbonyl (C=O) groups excluding carboxylic acids is 1. The van der Waals surface area contributed by atoms with Crippen LogP contribution in [0, 0.1) is 5.92 Å². The van der Waals surface area contributed by atoms with Gasteiger partial charge < -0.3 is 19.8 Å². The fraction of sp³-hybridized carbons (Fsp3) is 0.467. The summed E-state index contributed by atoms with van der Waals surface area (Å²) in [6.45, 7) is 0.665. The van der Waals surface area contributed by atoms with Crippen molar-refractivity contribution in [2.45, 2.75) is 25.7 Å². The third-order valence-electron chi connectivity index (χ3n) is 3.93. The van der Waals surface area contributed by atoms with Crippen molar-refractivity contribution in [3.05, 3.63) is 16.6 Å². The van der Waals surface area contributed by atoms with Crippen LogP contribution in [-0.2, 0) is 0 Å². The molecular formula is C15H18BrN3O3. The molecule has 0 atom stereocenters. The smallest absolute Gasteiger partial charge is 0.415 e. The summed E-state index contributed by atoms with van der Waals surface area (Å²) in [6.07, 6.45) is 4.39. The van der Waals surface area contributed by atoms with Crippen LogP contribution in [0.4, 0.5) is 4.79 Å². The number of halogens is 1. The molecule has 1 aromatic heterocycles. The van der Waals surface area contributed by atoms with Crippen LogP contribution in [0.25, 0.3) is 11.0 Å². The highest BCUT2D eigenvalue weighted by Gasteiger charge is 2.17. The number of hydrogen-bond donors (Lipinski definition) is 2. The Bertz CT molecular complexity index is 680. The molecule has 1 aliphatic carbocycles. The Hall–Kier alpha value is -1.76. The quantitative estimate of drug-likeness (QED) is 0.865. The van der Waals surface area contributed by atoms with E-state index in [1.54, 1.807) is 13.2 Å². The zero-order chi connectivity index (χ0) is 15.5. The number of aromatic nitrogens is 2. The number of rotatable bonds is 4. The van der Waals surface area contributed by atoms with Gasteiger partial charge in [-0.05, 0) is 40.8 Å². The van der Waals surface area contributed by atoms with Crippen molar-refractivity contribution in [1.82, 2.24) is 15.3 Å². The second-order valence-corrected chi connectivity index (χ2v) is 6.32. The van der Waals surface area contributed by atoms with Crippen LogP contribution >= 0.6 is 15.9 Å². The van der Waals surface area contributed by atoms with E-state index in [4.69, 9.17) is 9.47 Å². The van der Waals surface area contributed by atoms with Gasteiger partial charge in [-0.2, -0.15) is 4.98 Å². The first kappa shape index (κ1) is 15.1. The third kappa shape index (κ3) is 3.35. The number of ether oxygens (including phenoxy) is 2. The van der Waals surface area contributed by atoms with E-state index in [0.29, 0.717) is 23.7 Å². The van der Waals surface area contributed by atoms with Crippen LogP contribution in [0.1, 0.15) is 25.7 Å². The lowest BCUT2D eigenvalue weighted by molar-refractivity contribution is 0.195. The van der Waals surface area contributed by atoms with Gasteiger partial charge in [-0.1, -0.05) is 12.8 Å². The van der Waals surface area contributed by atoms with Crippen molar-refractivity contribution < 1.29 is 14.3 Å². The van der Waals surface area contributed by atoms with Crippen molar-refractivity contribution in [2.75, 3.05) is 13.7 Å². The van der Waals surface area contributed by atoms with E-state index in [0.717, 1.165) is 9.99 Å². The molecule has 2 aromatic rings. The number of nitrogens with one attached hydrogen (secondary N) is 2. The lowest BCUT2D eigenvalue weighted by Crippen LogP contribution is -2.31. The molecule has 6 nitrogen and oxygen atoms in total. The van der Waals surface area contributed by atoms with E-state index in [1.807, 2.05) is 6.07 Å². The van der Waals surface area contributed by atoms with Gasteiger partial charge in [0, 0.05) is 12.6 Å². The van der Waals surface area contributed by atoms with Crippen molar-refractivity contribution in [3.63, 3.8) is 0 Å². The molecule has 3 rings (SSSR count). The van der Waals surface area contributed by atoms with Gasteiger partial charge in [-0.15, -0.1) is 0 Å². The Labute approximate surface area is 136 Å². The van der Waals surface area contributed by atoms with Crippen molar-refractivity contribution >= 4 is 33.1 Å². The number of aromatic amines is 1. The zero-order valence-corrected chi connectivity index (χ0v) is 13.9. The van der Waals surface area contributed by atoms with Gasteiger partial charge >= 0.3 is 12.1 Å². The molecule has 0 radical (unpaired) electrons. The SMILES string of the molecule is COc1cc2nc(OC(=O)NCC3CCCC3)[nH]c2cc1Br. The average molecular weight is 368 g/mol. The number of hydrogen-bond acceptors (Lipinski definition) is 4. The molecule has 0 spiro atoms. The van der Waals surface area contributed by atoms with Gasteiger partial charge in [0.15, 0.2) is 0 Å². The Balaban J connectivity index is 1.64. The number of imidazole rings is 1. The second kappa shape index (κ2) is 6.56. The van der Waals surface area contributed by atoms with Crippen molar-refractivity contribution in [1.29, 1.82) is 0 Å². The molecule has 22 heavy (non-hydrogen) atoms. The summed E-state index contributed by atoms with van der Waals surface area (Å²) in [5.74, 6) is 1.25. The molecule has 1 saturated carbocycles. The van der Waals surface area contributed by atoms with E-state index in [-0.39, 0.29) is 6.01 Å². The minimum atomic E-state index is -0.475. The highest BCUT2D eigenvalue weighted by atomic mass is 79.9. The first-order valence-corrected chi connectivity index (χ1v) is 8.14. The molecule has 1 heterocycles. The summed E-state index contributed by atoms with van der Waals surface area (Å²) in [4.78, 5) is 19.0. The van der Waals surface area contributed by atoms with E-state index in [9.17, 15) is 4.79 Å². The standard InChI is InChI=1S/C15H18BrN3O3/c1-21-13-7-12-11(6-10(13)16)18-14(19-12)22-15(20)17-8-9-4-2-3-5-9/h6-7,9H,2-5,8H2,1H3,(H,17,20)(H,18,19). The van der Waals surface area contributed by atoms with Gasteiger partial charge in [0.25, 0.3) is 0 Å². The predicted octanol–water partition coefficient (Wildman–Crippen LogP) is 3.61. The molecule has 1 aromatic carbocycles. The molecule has 0 saturated heterocycles. The maximum Gasteiger partial charge on any atom is 0.415 e. The van der Waals surface area contributed by atoms with Crippen LogP contribution in [0.3, 0.4) is 0 Å². The summed E-state index contributed by atoms with van der Waals surface area (Å²) < 4.78 is 11.2. The number of carbonyl (C=O) groups is 1. The van der Waals surface area contributed by atoms with Crippen LogP contribution in [-0.4, -0.2) is 29.7 Å². The normalized spacial score (nSPS) is 15.2. The molecule has 2 N–H and O–H groups in total. The zero-order valence-electron chi connectivity index (χ0n) is 12.3. The lowest BCUT2D eigenvalue weighted by Gasteiger charge is -2.09. The van der Waals surface area contributed by atoms with E-state index < -0.39 is 6.09 Å². The van der Waals surface area contributed by atoms with E-state index >= 15 is 0 Å².